The SMILES string of the molecule is CC(=O)N[C@@H]1CCn2c1nc1c2C(=O)C(C)=C(N2CC2)C1=O. The van der Waals surface area contributed by atoms with Crippen LogP contribution in [0.3, 0.4) is 0 Å². The molecule has 1 aliphatic carbocycles. The average Bonchev–Trinajstić information content (AvgIpc) is 3.09. The van der Waals surface area contributed by atoms with Crippen molar-refractivity contribution in [2.45, 2.75) is 32.9 Å². The van der Waals surface area contributed by atoms with E-state index in [1.807, 2.05) is 4.90 Å². The minimum atomic E-state index is -0.228. The molecule has 0 saturated carbocycles. The zero-order valence-electron chi connectivity index (χ0n) is 12.5. The number of rotatable bonds is 2. The molecule has 2 aliphatic heterocycles. The van der Waals surface area contributed by atoms with Crippen LogP contribution < -0.4 is 5.32 Å². The molecule has 1 amide bonds. The molecule has 7 nitrogen and oxygen atoms in total. The van der Waals surface area contributed by atoms with Gasteiger partial charge in [0.05, 0.1) is 11.7 Å². The number of fused-ring (bicyclic) bond motifs is 3. The molecule has 1 N–H and O–H groups in total. The van der Waals surface area contributed by atoms with E-state index in [1.165, 1.54) is 6.92 Å². The van der Waals surface area contributed by atoms with Gasteiger partial charge in [0.25, 0.3) is 0 Å². The fraction of sp³-hybridized carbons (Fsp3) is 0.467. The van der Waals surface area contributed by atoms with Crippen LogP contribution in [0.25, 0.3) is 0 Å². The Morgan fingerprint density at radius 3 is 2.59 bits per heavy atom. The molecule has 1 atom stereocenters. The average molecular weight is 300 g/mol. The number of aromatic nitrogens is 2. The molecule has 0 radical (unpaired) electrons. The Morgan fingerprint density at radius 1 is 1.23 bits per heavy atom. The van der Waals surface area contributed by atoms with Crippen molar-refractivity contribution in [3.8, 4) is 0 Å². The lowest BCUT2D eigenvalue weighted by atomic mass is 9.95. The summed E-state index contributed by atoms with van der Waals surface area (Å²) in [5, 5.41) is 2.83. The second-order valence-electron chi connectivity index (χ2n) is 5.98. The third-order valence-corrected chi connectivity index (χ3v) is 4.43. The fourth-order valence-corrected chi connectivity index (χ4v) is 3.34. The minimum Gasteiger partial charge on any atom is -0.364 e. The maximum absolute atomic E-state index is 12.7. The van der Waals surface area contributed by atoms with Crippen molar-refractivity contribution < 1.29 is 14.4 Å². The molecule has 0 aromatic carbocycles. The van der Waals surface area contributed by atoms with E-state index in [4.69, 9.17) is 0 Å². The molecule has 0 unspecified atom stereocenters. The van der Waals surface area contributed by atoms with Crippen molar-refractivity contribution >= 4 is 17.5 Å². The number of Topliss-reactive ketones (excluding diaryl/α,β-unsaturated/α-hetero) is 2. The van der Waals surface area contributed by atoms with Gasteiger partial charge in [0.1, 0.15) is 17.2 Å². The molecule has 1 aromatic rings. The summed E-state index contributed by atoms with van der Waals surface area (Å²) in [6.07, 6.45) is 0.693. The lowest BCUT2D eigenvalue weighted by molar-refractivity contribution is -0.119. The van der Waals surface area contributed by atoms with Crippen LogP contribution in [-0.2, 0) is 11.3 Å². The number of amides is 1. The highest BCUT2D eigenvalue weighted by molar-refractivity contribution is 6.25. The van der Waals surface area contributed by atoms with Crippen LogP contribution >= 0.6 is 0 Å². The molecular weight excluding hydrogens is 284 g/mol. The van der Waals surface area contributed by atoms with E-state index in [0.717, 1.165) is 13.1 Å². The number of carbonyl (C=O) groups excluding carboxylic acids is 3. The first-order valence-electron chi connectivity index (χ1n) is 7.41. The maximum Gasteiger partial charge on any atom is 0.230 e. The number of allylic oxidation sites excluding steroid dienone is 2. The van der Waals surface area contributed by atoms with Crippen molar-refractivity contribution in [1.82, 2.24) is 19.8 Å². The highest BCUT2D eigenvalue weighted by Crippen LogP contribution is 2.35. The molecule has 4 rings (SSSR count). The minimum absolute atomic E-state index is 0.126. The summed E-state index contributed by atoms with van der Waals surface area (Å²) in [7, 11) is 0. The Hall–Kier alpha value is -2.44. The van der Waals surface area contributed by atoms with Gasteiger partial charge in [-0.15, -0.1) is 0 Å². The van der Waals surface area contributed by atoms with Gasteiger partial charge in [-0.25, -0.2) is 4.98 Å². The monoisotopic (exact) mass is 300 g/mol. The molecule has 1 aromatic heterocycles. The molecule has 1 fully saturated rings. The van der Waals surface area contributed by atoms with Crippen LogP contribution in [0.15, 0.2) is 11.3 Å². The lowest BCUT2D eigenvalue weighted by Crippen LogP contribution is -2.26. The van der Waals surface area contributed by atoms with Gasteiger partial charge in [-0.1, -0.05) is 0 Å². The summed E-state index contributed by atoms with van der Waals surface area (Å²) in [4.78, 5) is 42.9. The standard InChI is InChI=1S/C15H16N4O3/c1-7-11(18-5-6-18)14(22)10-12(13(7)21)19-4-3-9(15(19)17-10)16-8(2)20/h9H,3-6H2,1-2H3,(H,16,20)/t9-/m1/s1. The van der Waals surface area contributed by atoms with Gasteiger partial charge in [0, 0.05) is 32.1 Å². The Kier molecular flexibility index (Phi) is 2.58. The Morgan fingerprint density at radius 2 is 1.95 bits per heavy atom. The van der Waals surface area contributed by atoms with E-state index >= 15 is 0 Å². The third-order valence-electron chi connectivity index (χ3n) is 4.43. The topological polar surface area (TPSA) is 84.1 Å². The highest BCUT2D eigenvalue weighted by atomic mass is 16.2. The Bertz CT molecular complexity index is 770. The summed E-state index contributed by atoms with van der Waals surface area (Å²) in [5.74, 6) is 0.171. The molecule has 22 heavy (non-hydrogen) atoms. The number of nitrogens with zero attached hydrogens (tertiary/aromatic N) is 3. The molecule has 0 spiro atoms. The quantitative estimate of drug-likeness (QED) is 0.801. The summed E-state index contributed by atoms with van der Waals surface area (Å²) >= 11 is 0. The molecular formula is C15H16N4O3. The molecule has 3 aliphatic rings. The number of imidazole rings is 1. The first-order chi connectivity index (χ1) is 10.5. The van der Waals surface area contributed by atoms with Crippen molar-refractivity contribution in [3.63, 3.8) is 0 Å². The largest absolute Gasteiger partial charge is 0.364 e. The van der Waals surface area contributed by atoms with Gasteiger partial charge in [-0.3, -0.25) is 14.4 Å². The van der Waals surface area contributed by atoms with Crippen LogP contribution in [0.2, 0.25) is 0 Å². The van der Waals surface area contributed by atoms with Crippen LogP contribution in [0.5, 0.6) is 0 Å². The highest BCUT2D eigenvalue weighted by Gasteiger charge is 2.42. The van der Waals surface area contributed by atoms with Gasteiger partial charge in [-0.2, -0.15) is 0 Å². The van der Waals surface area contributed by atoms with Crippen molar-refractivity contribution in [1.29, 1.82) is 0 Å². The normalized spacial score (nSPS) is 22.8. The second kappa shape index (κ2) is 4.28. The van der Waals surface area contributed by atoms with Crippen LogP contribution in [0.1, 0.15) is 53.1 Å². The Labute approximate surface area is 127 Å². The van der Waals surface area contributed by atoms with Crippen LogP contribution in [-0.4, -0.2) is 45.0 Å². The first kappa shape index (κ1) is 13.2. The predicted molar refractivity (Wildman–Crippen MR) is 76.3 cm³/mol. The van der Waals surface area contributed by atoms with Crippen molar-refractivity contribution in [3.05, 3.63) is 28.5 Å². The number of hydrogen-bond donors (Lipinski definition) is 1. The molecule has 0 bridgehead atoms. The van der Waals surface area contributed by atoms with Crippen LogP contribution in [0.4, 0.5) is 0 Å². The molecule has 1 saturated heterocycles. The fourth-order valence-electron chi connectivity index (χ4n) is 3.34. The maximum atomic E-state index is 12.7. The molecule has 7 heteroatoms. The summed E-state index contributed by atoms with van der Waals surface area (Å²) in [6, 6.07) is -0.228. The first-order valence-corrected chi connectivity index (χ1v) is 7.41. The van der Waals surface area contributed by atoms with Crippen molar-refractivity contribution in [2.75, 3.05) is 13.1 Å². The molecule has 3 heterocycles. The predicted octanol–water partition coefficient (Wildman–Crippen LogP) is 0.433. The Balaban J connectivity index is 1.81. The van der Waals surface area contributed by atoms with E-state index < -0.39 is 0 Å². The van der Waals surface area contributed by atoms with Crippen molar-refractivity contribution in [2.24, 2.45) is 0 Å². The van der Waals surface area contributed by atoms with Gasteiger partial charge >= 0.3 is 0 Å². The zero-order valence-corrected chi connectivity index (χ0v) is 12.5. The van der Waals surface area contributed by atoms with Crippen LogP contribution in [0, 0.1) is 0 Å². The number of carbonyl (C=O) groups is 3. The number of nitrogens with one attached hydrogen (secondary N) is 1. The number of ketones is 2. The zero-order chi connectivity index (χ0) is 15.6. The van der Waals surface area contributed by atoms with E-state index in [2.05, 4.69) is 10.3 Å². The van der Waals surface area contributed by atoms with E-state index in [-0.39, 0.29) is 29.2 Å². The molecule has 114 valence electrons. The van der Waals surface area contributed by atoms with Gasteiger partial charge in [-0.05, 0) is 13.3 Å². The van der Waals surface area contributed by atoms with E-state index in [9.17, 15) is 14.4 Å². The second-order valence-corrected chi connectivity index (χ2v) is 5.98. The summed E-state index contributed by atoms with van der Waals surface area (Å²) < 4.78 is 1.79. The third kappa shape index (κ3) is 1.68. The summed E-state index contributed by atoms with van der Waals surface area (Å²) in [6.45, 7) is 5.36. The summed E-state index contributed by atoms with van der Waals surface area (Å²) in [5.41, 5.74) is 1.62. The van der Waals surface area contributed by atoms with Gasteiger partial charge < -0.3 is 14.8 Å². The smallest absolute Gasteiger partial charge is 0.230 e. The van der Waals surface area contributed by atoms with Gasteiger partial charge in [0.15, 0.2) is 0 Å². The van der Waals surface area contributed by atoms with E-state index in [0.29, 0.717) is 35.8 Å². The lowest BCUT2D eigenvalue weighted by Gasteiger charge is -2.17. The number of hydrogen-bond acceptors (Lipinski definition) is 5. The van der Waals surface area contributed by atoms with E-state index in [1.54, 1.807) is 11.5 Å². The van der Waals surface area contributed by atoms with Gasteiger partial charge in [0.2, 0.25) is 17.5 Å².